The smallest absolute Gasteiger partial charge is 0.163 e. The summed E-state index contributed by atoms with van der Waals surface area (Å²) in [6.07, 6.45) is 2.29. The number of ether oxygens (including phenoxy) is 2. The lowest BCUT2D eigenvalue weighted by molar-refractivity contribution is 0.171. The number of fused-ring (bicyclic) bond motifs is 1. The third-order valence-corrected chi connectivity index (χ3v) is 4.08. The third kappa shape index (κ3) is 2.50. The topological polar surface area (TPSA) is 47.7 Å². The molecule has 1 aromatic carbocycles. The summed E-state index contributed by atoms with van der Waals surface area (Å²) in [6, 6.07) is 4.59. The zero-order chi connectivity index (χ0) is 13.4. The quantitative estimate of drug-likeness (QED) is 0.904. The molecule has 0 aromatic heterocycles. The molecule has 104 valence electrons. The van der Waals surface area contributed by atoms with E-state index < -0.39 is 0 Å². The van der Waals surface area contributed by atoms with E-state index in [9.17, 15) is 0 Å². The van der Waals surface area contributed by atoms with Crippen molar-refractivity contribution in [3.8, 4) is 11.5 Å². The van der Waals surface area contributed by atoms with Crippen LogP contribution in [0.1, 0.15) is 18.4 Å². The molecule has 1 heterocycles. The van der Waals surface area contributed by atoms with E-state index >= 15 is 0 Å². The number of hydrogen-bond donors (Lipinski definition) is 1. The summed E-state index contributed by atoms with van der Waals surface area (Å²) in [4.78, 5) is 2.31. The van der Waals surface area contributed by atoms with Gasteiger partial charge in [-0.05, 0) is 37.3 Å². The van der Waals surface area contributed by atoms with Gasteiger partial charge in [0.1, 0.15) is 13.2 Å². The first-order valence-corrected chi connectivity index (χ1v) is 7.00. The fourth-order valence-corrected chi connectivity index (χ4v) is 3.01. The summed E-state index contributed by atoms with van der Waals surface area (Å²) in [5.41, 5.74) is 8.31. The Balaban J connectivity index is 1.75. The van der Waals surface area contributed by atoms with E-state index in [0.717, 1.165) is 36.8 Å². The molecule has 1 saturated carbocycles. The van der Waals surface area contributed by atoms with E-state index in [-0.39, 0.29) is 0 Å². The summed E-state index contributed by atoms with van der Waals surface area (Å²) < 4.78 is 11.3. The fraction of sp³-hybridized carbons (Fsp3) is 0.600. The van der Waals surface area contributed by atoms with Gasteiger partial charge in [0.2, 0.25) is 0 Å². The highest BCUT2D eigenvalue weighted by atomic mass is 16.6. The molecule has 0 radical (unpaired) electrons. The van der Waals surface area contributed by atoms with Crippen LogP contribution in [0.3, 0.4) is 0 Å². The number of anilines is 1. The minimum atomic E-state index is 0.416. The van der Waals surface area contributed by atoms with Gasteiger partial charge in [-0.3, -0.25) is 0 Å². The van der Waals surface area contributed by atoms with Gasteiger partial charge < -0.3 is 20.1 Å². The number of rotatable bonds is 3. The van der Waals surface area contributed by atoms with Crippen LogP contribution in [0.15, 0.2) is 12.1 Å². The minimum absolute atomic E-state index is 0.416. The van der Waals surface area contributed by atoms with Gasteiger partial charge in [0.05, 0.1) is 0 Å². The van der Waals surface area contributed by atoms with Crippen LogP contribution in [0, 0.1) is 12.8 Å². The first-order chi connectivity index (χ1) is 9.13. The van der Waals surface area contributed by atoms with Crippen LogP contribution in [0.25, 0.3) is 0 Å². The van der Waals surface area contributed by atoms with Crippen molar-refractivity contribution in [3.63, 3.8) is 0 Å². The molecule has 1 aromatic rings. The molecule has 0 saturated heterocycles. The Bertz CT molecular complexity index is 469. The predicted molar refractivity (Wildman–Crippen MR) is 76.1 cm³/mol. The number of nitrogens with two attached hydrogens (primary N) is 1. The monoisotopic (exact) mass is 262 g/mol. The van der Waals surface area contributed by atoms with E-state index in [0.29, 0.717) is 19.3 Å². The van der Waals surface area contributed by atoms with Gasteiger partial charge in [-0.25, -0.2) is 0 Å². The molecule has 1 aliphatic heterocycles. The standard InChI is InChI=1S/C15H22N2O2/c1-10-5-14-15(19-4-3-18-14)8-13(10)17(2)9-11-6-12(16)7-11/h5,8,11-12H,3-4,6-7,9,16H2,1-2H3. The van der Waals surface area contributed by atoms with Gasteiger partial charge in [0, 0.05) is 31.4 Å². The third-order valence-electron chi connectivity index (χ3n) is 4.08. The predicted octanol–water partition coefficient (Wildman–Crippen LogP) is 1.94. The second-order valence-corrected chi connectivity index (χ2v) is 5.76. The molecule has 3 rings (SSSR count). The normalized spacial score (nSPS) is 24.8. The van der Waals surface area contributed by atoms with Crippen molar-refractivity contribution >= 4 is 5.69 Å². The van der Waals surface area contributed by atoms with E-state index in [1.54, 1.807) is 0 Å². The maximum Gasteiger partial charge on any atom is 0.163 e. The maximum absolute atomic E-state index is 5.85. The molecule has 4 heteroatoms. The molecule has 0 bridgehead atoms. The minimum Gasteiger partial charge on any atom is -0.486 e. The number of hydrogen-bond acceptors (Lipinski definition) is 4. The molecular weight excluding hydrogens is 240 g/mol. The Hall–Kier alpha value is -1.42. The van der Waals surface area contributed by atoms with Crippen LogP contribution < -0.4 is 20.1 Å². The summed E-state index contributed by atoms with van der Waals surface area (Å²) in [7, 11) is 2.14. The van der Waals surface area contributed by atoms with Crippen LogP contribution in [0.5, 0.6) is 11.5 Å². The van der Waals surface area contributed by atoms with Crippen molar-refractivity contribution in [3.05, 3.63) is 17.7 Å². The van der Waals surface area contributed by atoms with Crippen molar-refractivity contribution in [2.75, 3.05) is 31.7 Å². The second-order valence-electron chi connectivity index (χ2n) is 5.76. The van der Waals surface area contributed by atoms with Crippen molar-refractivity contribution in [2.45, 2.75) is 25.8 Å². The average molecular weight is 262 g/mol. The summed E-state index contributed by atoms with van der Waals surface area (Å²) in [5.74, 6) is 2.46. The first-order valence-electron chi connectivity index (χ1n) is 7.00. The van der Waals surface area contributed by atoms with Crippen molar-refractivity contribution in [1.29, 1.82) is 0 Å². The van der Waals surface area contributed by atoms with E-state index in [1.165, 1.54) is 11.3 Å². The molecule has 2 N–H and O–H groups in total. The van der Waals surface area contributed by atoms with Gasteiger partial charge in [-0.15, -0.1) is 0 Å². The number of aryl methyl sites for hydroxylation is 1. The van der Waals surface area contributed by atoms with Gasteiger partial charge in [-0.1, -0.05) is 0 Å². The lowest BCUT2D eigenvalue weighted by Crippen LogP contribution is -2.42. The zero-order valence-corrected chi connectivity index (χ0v) is 11.7. The summed E-state index contributed by atoms with van der Waals surface area (Å²) in [5, 5.41) is 0. The zero-order valence-electron chi connectivity index (χ0n) is 11.7. The maximum atomic E-state index is 5.85. The van der Waals surface area contributed by atoms with Crippen molar-refractivity contribution in [2.24, 2.45) is 11.7 Å². The van der Waals surface area contributed by atoms with E-state index in [2.05, 4.69) is 31.0 Å². The molecule has 0 spiro atoms. The molecule has 19 heavy (non-hydrogen) atoms. The SMILES string of the molecule is Cc1cc2c(cc1N(C)CC1CC(N)C1)OCCO2. The van der Waals surface area contributed by atoms with Gasteiger partial charge in [0.15, 0.2) is 11.5 Å². The molecule has 0 amide bonds. The van der Waals surface area contributed by atoms with Crippen molar-refractivity contribution < 1.29 is 9.47 Å². The summed E-state index contributed by atoms with van der Waals surface area (Å²) >= 11 is 0. The molecule has 1 fully saturated rings. The van der Waals surface area contributed by atoms with E-state index in [1.807, 2.05) is 0 Å². The average Bonchev–Trinajstić information content (AvgIpc) is 2.36. The van der Waals surface area contributed by atoms with Crippen LogP contribution in [0.4, 0.5) is 5.69 Å². The highest BCUT2D eigenvalue weighted by Gasteiger charge is 2.27. The molecule has 2 aliphatic rings. The highest BCUT2D eigenvalue weighted by Crippen LogP contribution is 2.37. The largest absolute Gasteiger partial charge is 0.486 e. The highest BCUT2D eigenvalue weighted by molar-refractivity contribution is 5.61. The molecular formula is C15H22N2O2. The lowest BCUT2D eigenvalue weighted by atomic mass is 9.80. The molecule has 1 aliphatic carbocycles. The second kappa shape index (κ2) is 4.93. The Kier molecular flexibility index (Phi) is 3.27. The fourth-order valence-electron chi connectivity index (χ4n) is 3.01. The van der Waals surface area contributed by atoms with Crippen LogP contribution in [-0.2, 0) is 0 Å². The first kappa shape index (κ1) is 12.6. The van der Waals surface area contributed by atoms with Gasteiger partial charge >= 0.3 is 0 Å². The van der Waals surface area contributed by atoms with Gasteiger partial charge in [-0.2, -0.15) is 0 Å². The van der Waals surface area contributed by atoms with Crippen LogP contribution in [0.2, 0.25) is 0 Å². The van der Waals surface area contributed by atoms with E-state index in [4.69, 9.17) is 15.2 Å². The Morgan fingerprint density at radius 2 is 1.84 bits per heavy atom. The Morgan fingerprint density at radius 1 is 1.21 bits per heavy atom. The molecule has 0 unspecified atom stereocenters. The Labute approximate surface area is 114 Å². The van der Waals surface area contributed by atoms with Crippen molar-refractivity contribution in [1.82, 2.24) is 0 Å². The van der Waals surface area contributed by atoms with Crippen LogP contribution >= 0.6 is 0 Å². The molecule has 4 nitrogen and oxygen atoms in total. The molecule has 0 atom stereocenters. The number of nitrogens with zero attached hydrogens (tertiary/aromatic N) is 1. The van der Waals surface area contributed by atoms with Crippen LogP contribution in [-0.4, -0.2) is 32.8 Å². The van der Waals surface area contributed by atoms with Gasteiger partial charge in [0.25, 0.3) is 0 Å². The summed E-state index contributed by atoms with van der Waals surface area (Å²) in [6.45, 7) is 4.46. The Morgan fingerprint density at radius 3 is 2.47 bits per heavy atom. The number of benzene rings is 1. The lowest BCUT2D eigenvalue weighted by Gasteiger charge is -2.36.